The molecule has 96 valence electrons. The maximum atomic E-state index is 11.5. The predicted molar refractivity (Wildman–Crippen MR) is 70.9 cm³/mol. The molecule has 2 unspecified atom stereocenters. The number of aldehydes is 1. The fraction of sp³-hybridized carbons (Fsp3) is 0.400. The van der Waals surface area contributed by atoms with Crippen LogP contribution in [-0.4, -0.2) is 12.3 Å². The summed E-state index contributed by atoms with van der Waals surface area (Å²) in [7, 11) is 0. The van der Waals surface area contributed by atoms with Crippen LogP contribution in [0.1, 0.15) is 32.8 Å². The molecule has 0 fully saturated rings. The van der Waals surface area contributed by atoms with Crippen LogP contribution >= 0.6 is 0 Å². The van der Waals surface area contributed by atoms with E-state index in [0.29, 0.717) is 6.42 Å². The quantitative estimate of drug-likeness (QED) is 0.829. The van der Waals surface area contributed by atoms with Gasteiger partial charge in [0.05, 0.1) is 11.5 Å². The van der Waals surface area contributed by atoms with Crippen molar-refractivity contribution in [2.45, 2.75) is 38.6 Å². The Bertz CT molecular complexity index is 467. The highest BCUT2D eigenvalue weighted by Crippen LogP contribution is 2.33. The maximum absolute atomic E-state index is 11.5. The summed E-state index contributed by atoms with van der Waals surface area (Å²) in [4.78, 5) is 16.9. The topological polar surface area (TPSA) is 38.3 Å². The first kappa shape index (κ1) is 12.8. The number of hydrogen-bond acceptors (Lipinski definition) is 3. The summed E-state index contributed by atoms with van der Waals surface area (Å²) >= 11 is 0. The van der Waals surface area contributed by atoms with Crippen LogP contribution in [0.4, 0.5) is 0 Å². The first-order valence-corrected chi connectivity index (χ1v) is 6.21. The lowest BCUT2D eigenvalue weighted by Crippen LogP contribution is -2.28. The van der Waals surface area contributed by atoms with Crippen LogP contribution in [-0.2, 0) is 15.0 Å². The van der Waals surface area contributed by atoms with Crippen LogP contribution in [0.25, 0.3) is 0 Å². The lowest BCUT2D eigenvalue weighted by molar-refractivity contribution is -0.112. The minimum Gasteiger partial charge on any atom is -0.413 e. The van der Waals surface area contributed by atoms with Gasteiger partial charge in [-0.25, -0.2) is 0 Å². The zero-order valence-electron chi connectivity index (χ0n) is 11.1. The Balaban J connectivity index is 2.30. The summed E-state index contributed by atoms with van der Waals surface area (Å²) in [6, 6.07) is 10.0. The second-order valence-corrected chi connectivity index (χ2v) is 5.10. The number of hydrogen-bond donors (Lipinski definition) is 1. The Labute approximate surface area is 108 Å². The number of allylic oxidation sites excluding steroid dienone is 1. The molecule has 1 N–H and O–H groups in total. The third kappa shape index (κ3) is 2.31. The summed E-state index contributed by atoms with van der Waals surface area (Å²) < 4.78 is 0. The fourth-order valence-electron chi connectivity index (χ4n) is 2.32. The molecule has 2 atom stereocenters. The molecule has 0 saturated carbocycles. The first-order chi connectivity index (χ1) is 8.57. The monoisotopic (exact) mass is 245 g/mol. The van der Waals surface area contributed by atoms with Gasteiger partial charge in [0.25, 0.3) is 0 Å². The number of rotatable bonds is 4. The first-order valence-electron chi connectivity index (χ1n) is 6.21. The van der Waals surface area contributed by atoms with Crippen LogP contribution in [0, 0.1) is 0 Å². The standard InChI is InChI=1S/C15H19NO2/c1-11-14(12(2)18-16-11)9-15(3,10-17)13-7-5-4-6-8-13/h4-8,10-11,16H,9H2,1-3H3. The molecule has 0 spiro atoms. The van der Waals surface area contributed by atoms with Gasteiger partial charge in [-0.1, -0.05) is 30.3 Å². The molecule has 1 aliphatic heterocycles. The number of nitrogens with one attached hydrogen (secondary N) is 1. The smallest absolute Gasteiger partial charge is 0.130 e. The van der Waals surface area contributed by atoms with Gasteiger partial charge < -0.3 is 9.63 Å². The Morgan fingerprint density at radius 3 is 2.56 bits per heavy atom. The van der Waals surface area contributed by atoms with Crippen LogP contribution in [0.3, 0.4) is 0 Å². The van der Waals surface area contributed by atoms with Crippen molar-refractivity contribution in [1.29, 1.82) is 0 Å². The summed E-state index contributed by atoms with van der Waals surface area (Å²) in [6.07, 6.45) is 1.72. The van der Waals surface area contributed by atoms with E-state index in [9.17, 15) is 4.79 Å². The Hall–Kier alpha value is -1.61. The molecular formula is C15H19NO2. The number of carbonyl (C=O) groups excluding carboxylic acids is 1. The molecule has 0 amide bonds. The molecule has 0 saturated heterocycles. The number of hydroxylamine groups is 1. The minimum absolute atomic E-state index is 0.160. The zero-order valence-corrected chi connectivity index (χ0v) is 11.1. The predicted octanol–water partition coefficient (Wildman–Crippen LogP) is 2.73. The molecule has 0 radical (unpaired) electrons. The summed E-state index contributed by atoms with van der Waals surface area (Å²) in [5.41, 5.74) is 4.63. The van der Waals surface area contributed by atoms with Crippen molar-refractivity contribution in [3.05, 3.63) is 47.2 Å². The van der Waals surface area contributed by atoms with Gasteiger partial charge in [-0.2, -0.15) is 5.48 Å². The average molecular weight is 245 g/mol. The van der Waals surface area contributed by atoms with E-state index >= 15 is 0 Å². The normalized spacial score (nSPS) is 22.5. The third-order valence-electron chi connectivity index (χ3n) is 3.61. The molecule has 1 aromatic carbocycles. The van der Waals surface area contributed by atoms with E-state index in [-0.39, 0.29) is 6.04 Å². The Morgan fingerprint density at radius 2 is 2.06 bits per heavy atom. The molecule has 0 aromatic heterocycles. The van der Waals surface area contributed by atoms with E-state index in [0.717, 1.165) is 23.2 Å². The lowest BCUT2D eigenvalue weighted by Gasteiger charge is -2.25. The van der Waals surface area contributed by atoms with Gasteiger partial charge in [-0.05, 0) is 38.3 Å². The molecule has 0 bridgehead atoms. The van der Waals surface area contributed by atoms with Crippen molar-refractivity contribution in [3.63, 3.8) is 0 Å². The highest BCUT2D eigenvalue weighted by atomic mass is 16.7. The molecule has 1 heterocycles. The van der Waals surface area contributed by atoms with Crippen LogP contribution in [0.2, 0.25) is 0 Å². The molecule has 3 heteroatoms. The molecule has 18 heavy (non-hydrogen) atoms. The zero-order chi connectivity index (χ0) is 13.2. The highest BCUT2D eigenvalue weighted by Gasteiger charge is 2.32. The van der Waals surface area contributed by atoms with Gasteiger partial charge in [-0.15, -0.1) is 0 Å². The SMILES string of the molecule is CC1=C(CC(C)(C=O)c2ccccc2)C(C)NO1. The highest BCUT2D eigenvalue weighted by molar-refractivity contribution is 5.68. The molecule has 3 nitrogen and oxygen atoms in total. The largest absolute Gasteiger partial charge is 0.413 e. The second kappa shape index (κ2) is 4.94. The van der Waals surface area contributed by atoms with Gasteiger partial charge in [0.15, 0.2) is 0 Å². The van der Waals surface area contributed by atoms with E-state index in [4.69, 9.17) is 4.84 Å². The van der Waals surface area contributed by atoms with Crippen molar-refractivity contribution >= 4 is 6.29 Å². The molecular weight excluding hydrogens is 226 g/mol. The van der Waals surface area contributed by atoms with Crippen molar-refractivity contribution < 1.29 is 9.63 Å². The molecule has 1 aromatic rings. The molecule has 1 aliphatic rings. The molecule has 0 aliphatic carbocycles. The van der Waals surface area contributed by atoms with E-state index in [1.54, 1.807) is 0 Å². The Kier molecular flexibility index (Phi) is 3.53. The van der Waals surface area contributed by atoms with Crippen molar-refractivity contribution in [2.75, 3.05) is 0 Å². The molecule has 2 rings (SSSR count). The van der Waals surface area contributed by atoms with Gasteiger partial charge >= 0.3 is 0 Å². The van der Waals surface area contributed by atoms with Crippen LogP contribution < -0.4 is 5.48 Å². The van der Waals surface area contributed by atoms with E-state index in [2.05, 4.69) is 5.48 Å². The lowest BCUT2D eigenvalue weighted by atomic mass is 9.77. The van der Waals surface area contributed by atoms with Gasteiger partial charge in [0.1, 0.15) is 12.0 Å². The van der Waals surface area contributed by atoms with Crippen molar-refractivity contribution in [3.8, 4) is 0 Å². The van der Waals surface area contributed by atoms with Crippen molar-refractivity contribution in [2.24, 2.45) is 0 Å². The average Bonchev–Trinajstić information content (AvgIpc) is 2.71. The van der Waals surface area contributed by atoms with Gasteiger partial charge in [0.2, 0.25) is 0 Å². The van der Waals surface area contributed by atoms with Crippen molar-refractivity contribution in [1.82, 2.24) is 5.48 Å². The summed E-state index contributed by atoms with van der Waals surface area (Å²) in [6.45, 7) is 5.95. The van der Waals surface area contributed by atoms with E-state index in [1.165, 1.54) is 0 Å². The van der Waals surface area contributed by atoms with E-state index < -0.39 is 5.41 Å². The van der Waals surface area contributed by atoms with E-state index in [1.807, 2.05) is 51.1 Å². The third-order valence-corrected chi connectivity index (χ3v) is 3.61. The number of carbonyl (C=O) groups is 1. The van der Waals surface area contributed by atoms with Crippen LogP contribution in [0.5, 0.6) is 0 Å². The Morgan fingerprint density at radius 1 is 1.39 bits per heavy atom. The summed E-state index contributed by atoms with van der Waals surface area (Å²) in [5, 5.41) is 0. The maximum Gasteiger partial charge on any atom is 0.130 e. The van der Waals surface area contributed by atoms with Gasteiger partial charge in [-0.3, -0.25) is 0 Å². The fourth-order valence-corrected chi connectivity index (χ4v) is 2.32. The van der Waals surface area contributed by atoms with Crippen LogP contribution in [0.15, 0.2) is 41.7 Å². The second-order valence-electron chi connectivity index (χ2n) is 5.10. The number of benzene rings is 1. The minimum atomic E-state index is -0.499. The van der Waals surface area contributed by atoms with Gasteiger partial charge in [0, 0.05) is 0 Å². The summed E-state index contributed by atoms with van der Waals surface area (Å²) in [5.74, 6) is 0.881.